The van der Waals surface area contributed by atoms with Gasteiger partial charge in [-0.2, -0.15) is 0 Å². The van der Waals surface area contributed by atoms with Crippen molar-refractivity contribution in [1.29, 1.82) is 0 Å². The smallest absolute Gasteiger partial charge is 0.335 e. The number of hydrogen-bond acceptors (Lipinski definition) is 5. The number of aryl methyl sites for hydroxylation is 1. The number of carboxylic acids is 1. The number of rotatable bonds is 9. The molecule has 1 fully saturated rings. The first-order valence-electron chi connectivity index (χ1n) is 13.3. The summed E-state index contributed by atoms with van der Waals surface area (Å²) >= 11 is 0. The van der Waals surface area contributed by atoms with Crippen molar-refractivity contribution in [2.24, 2.45) is 0 Å². The molecule has 1 atom stereocenters. The third kappa shape index (κ3) is 5.67. The van der Waals surface area contributed by atoms with Gasteiger partial charge in [-0.05, 0) is 60.9 Å². The fourth-order valence-electron chi connectivity index (χ4n) is 4.85. The summed E-state index contributed by atoms with van der Waals surface area (Å²) in [7, 11) is 0. The minimum atomic E-state index is -1.05. The summed E-state index contributed by atoms with van der Waals surface area (Å²) in [5, 5.41) is 9.45. The molecule has 41 heavy (non-hydrogen) atoms. The zero-order chi connectivity index (χ0) is 28.5. The van der Waals surface area contributed by atoms with Crippen molar-refractivity contribution in [2.45, 2.75) is 39.0 Å². The highest BCUT2D eigenvalue weighted by Crippen LogP contribution is 2.29. The van der Waals surface area contributed by atoms with Crippen molar-refractivity contribution >= 4 is 17.0 Å². The summed E-state index contributed by atoms with van der Waals surface area (Å²) in [6.45, 7) is 3.40. The number of carboxylic acid groups (broad SMARTS) is 1. The molecular formula is C32H27F2N3O4. The molecule has 9 heteroatoms. The molecule has 0 saturated carbocycles. The monoisotopic (exact) mass is 555 g/mol. The molecule has 1 N–H and O–H groups in total. The van der Waals surface area contributed by atoms with Crippen molar-refractivity contribution in [3.63, 3.8) is 0 Å². The van der Waals surface area contributed by atoms with Gasteiger partial charge in [-0.1, -0.05) is 35.9 Å². The standard InChI is InChI=1S/C32H27F2N3O4/c1-19-5-7-20(8-6-19)18-41-31-4-2-3-27(36-31)24-16-25(33)22(13-26(24)34)15-30-35-28-10-9-21(32(38)39)14-29(28)37(30)17-23-11-12-40-23/h2-10,13-14,16,23H,11-12,15,17-18H2,1H3,(H,38,39)/t23-/m0/s1. The second-order valence-electron chi connectivity index (χ2n) is 10.2. The van der Waals surface area contributed by atoms with Crippen LogP contribution in [0.15, 0.2) is 72.8 Å². The highest BCUT2D eigenvalue weighted by atomic mass is 19.1. The molecule has 3 heterocycles. The van der Waals surface area contributed by atoms with E-state index in [-0.39, 0.29) is 34.9 Å². The van der Waals surface area contributed by atoms with Crippen molar-refractivity contribution in [2.75, 3.05) is 6.61 Å². The van der Waals surface area contributed by atoms with E-state index < -0.39 is 17.6 Å². The molecule has 6 rings (SSSR count). The predicted octanol–water partition coefficient (Wildman–Crippen LogP) is 6.34. The lowest BCUT2D eigenvalue weighted by atomic mass is 10.0. The van der Waals surface area contributed by atoms with Gasteiger partial charge >= 0.3 is 5.97 Å². The Morgan fingerprint density at radius 1 is 1.05 bits per heavy atom. The van der Waals surface area contributed by atoms with E-state index in [2.05, 4.69) is 9.97 Å². The Morgan fingerprint density at radius 3 is 2.59 bits per heavy atom. The predicted molar refractivity (Wildman–Crippen MR) is 149 cm³/mol. The molecular weight excluding hydrogens is 528 g/mol. The fraction of sp³-hybridized carbons (Fsp3) is 0.219. The van der Waals surface area contributed by atoms with Gasteiger partial charge < -0.3 is 19.1 Å². The molecule has 0 bridgehead atoms. The highest BCUT2D eigenvalue weighted by Gasteiger charge is 2.23. The first kappa shape index (κ1) is 26.6. The summed E-state index contributed by atoms with van der Waals surface area (Å²) in [4.78, 5) is 20.6. The minimum absolute atomic E-state index is 0.0139. The van der Waals surface area contributed by atoms with E-state index in [1.54, 1.807) is 30.3 Å². The lowest BCUT2D eigenvalue weighted by Crippen LogP contribution is -2.31. The zero-order valence-corrected chi connectivity index (χ0v) is 22.3. The molecule has 2 aromatic heterocycles. The number of benzene rings is 3. The molecule has 1 aliphatic rings. The van der Waals surface area contributed by atoms with Crippen LogP contribution in [0.1, 0.15) is 39.3 Å². The van der Waals surface area contributed by atoms with Crippen LogP contribution in [0, 0.1) is 18.6 Å². The molecule has 0 spiro atoms. The van der Waals surface area contributed by atoms with Gasteiger partial charge in [-0.25, -0.2) is 23.5 Å². The van der Waals surface area contributed by atoms with E-state index >= 15 is 8.78 Å². The SMILES string of the molecule is Cc1ccc(COc2cccc(-c3cc(F)c(Cc4nc5ccc(C(=O)O)cc5n4C[C@@H]4CCO4)cc3F)n2)cc1. The number of aromatic carboxylic acids is 1. The van der Waals surface area contributed by atoms with E-state index in [0.29, 0.717) is 42.5 Å². The van der Waals surface area contributed by atoms with Crippen LogP contribution < -0.4 is 4.74 Å². The summed E-state index contributed by atoms with van der Waals surface area (Å²) in [5.74, 6) is -1.47. The lowest BCUT2D eigenvalue weighted by molar-refractivity contribution is -0.0589. The van der Waals surface area contributed by atoms with Gasteiger partial charge in [0.25, 0.3) is 0 Å². The minimum Gasteiger partial charge on any atom is -0.478 e. The summed E-state index contributed by atoms with van der Waals surface area (Å²) in [6, 6.07) is 19.8. The van der Waals surface area contributed by atoms with Gasteiger partial charge in [-0.15, -0.1) is 0 Å². The first-order chi connectivity index (χ1) is 19.8. The fourth-order valence-corrected chi connectivity index (χ4v) is 4.85. The van der Waals surface area contributed by atoms with Crippen LogP contribution in [0.25, 0.3) is 22.3 Å². The Balaban J connectivity index is 1.27. The number of pyridine rings is 1. The van der Waals surface area contributed by atoms with Crippen LogP contribution in [0.3, 0.4) is 0 Å². The Labute approximate surface area is 235 Å². The maximum atomic E-state index is 15.4. The van der Waals surface area contributed by atoms with E-state index in [1.807, 2.05) is 35.8 Å². The molecule has 0 aliphatic carbocycles. The molecule has 0 amide bonds. The molecule has 5 aromatic rings. The maximum absolute atomic E-state index is 15.4. The number of imidazole rings is 1. The van der Waals surface area contributed by atoms with Gasteiger partial charge in [0.15, 0.2) is 0 Å². The van der Waals surface area contributed by atoms with Gasteiger partial charge in [-0.3, -0.25) is 0 Å². The van der Waals surface area contributed by atoms with Crippen molar-refractivity contribution in [3.05, 3.63) is 113 Å². The molecule has 7 nitrogen and oxygen atoms in total. The van der Waals surface area contributed by atoms with Crippen molar-refractivity contribution in [1.82, 2.24) is 14.5 Å². The summed E-state index contributed by atoms with van der Waals surface area (Å²) in [6.07, 6.45) is 0.825. The van der Waals surface area contributed by atoms with Crippen LogP contribution in [0.2, 0.25) is 0 Å². The number of carbonyl (C=O) groups is 1. The van der Waals surface area contributed by atoms with E-state index in [9.17, 15) is 9.90 Å². The van der Waals surface area contributed by atoms with Crippen LogP contribution in [0.5, 0.6) is 5.88 Å². The van der Waals surface area contributed by atoms with Crippen molar-refractivity contribution in [3.8, 4) is 17.1 Å². The highest BCUT2D eigenvalue weighted by molar-refractivity contribution is 5.92. The van der Waals surface area contributed by atoms with Crippen LogP contribution in [-0.2, 0) is 24.3 Å². The van der Waals surface area contributed by atoms with Gasteiger partial charge in [0.2, 0.25) is 5.88 Å². The topological polar surface area (TPSA) is 86.5 Å². The average molecular weight is 556 g/mol. The Morgan fingerprint density at radius 2 is 1.85 bits per heavy atom. The molecule has 0 radical (unpaired) electrons. The quantitative estimate of drug-likeness (QED) is 0.228. The lowest BCUT2D eigenvalue weighted by Gasteiger charge is -2.27. The second-order valence-corrected chi connectivity index (χ2v) is 10.2. The Kier molecular flexibility index (Phi) is 7.19. The molecule has 1 aliphatic heterocycles. The zero-order valence-electron chi connectivity index (χ0n) is 22.3. The van der Waals surface area contributed by atoms with E-state index in [1.165, 1.54) is 12.1 Å². The molecule has 3 aromatic carbocycles. The molecule has 1 saturated heterocycles. The average Bonchev–Trinajstić information content (AvgIpc) is 3.28. The third-order valence-electron chi connectivity index (χ3n) is 7.25. The molecule has 208 valence electrons. The van der Waals surface area contributed by atoms with Crippen molar-refractivity contribution < 1.29 is 28.2 Å². The number of aromatic nitrogens is 3. The Hall–Kier alpha value is -4.63. The number of nitrogens with zero attached hydrogens (tertiary/aromatic N) is 3. The normalized spacial score (nSPS) is 14.7. The third-order valence-corrected chi connectivity index (χ3v) is 7.25. The van der Waals surface area contributed by atoms with Crippen LogP contribution in [-0.4, -0.2) is 38.3 Å². The number of fused-ring (bicyclic) bond motifs is 1. The number of hydrogen-bond donors (Lipinski definition) is 1. The first-order valence-corrected chi connectivity index (χ1v) is 13.3. The second kappa shape index (κ2) is 11.1. The number of halogens is 2. The van der Waals surface area contributed by atoms with Gasteiger partial charge in [0, 0.05) is 24.7 Å². The van der Waals surface area contributed by atoms with E-state index in [4.69, 9.17) is 9.47 Å². The number of ether oxygens (including phenoxy) is 2. The summed E-state index contributed by atoms with van der Waals surface area (Å²) in [5.41, 5.74) is 3.83. The Bertz CT molecular complexity index is 1750. The van der Waals surface area contributed by atoms with Gasteiger partial charge in [0.1, 0.15) is 24.1 Å². The summed E-state index contributed by atoms with van der Waals surface area (Å²) < 4.78 is 44.1. The van der Waals surface area contributed by atoms with Crippen LogP contribution in [0.4, 0.5) is 8.78 Å². The largest absolute Gasteiger partial charge is 0.478 e. The molecule has 0 unspecified atom stereocenters. The maximum Gasteiger partial charge on any atom is 0.335 e. The van der Waals surface area contributed by atoms with Crippen LogP contribution >= 0.6 is 0 Å². The van der Waals surface area contributed by atoms with E-state index in [0.717, 1.165) is 23.6 Å². The van der Waals surface area contributed by atoms with Gasteiger partial charge in [0.05, 0.1) is 34.9 Å².